The molecular formula is C21H23N5. The van der Waals surface area contributed by atoms with Gasteiger partial charge in [-0.25, -0.2) is 9.97 Å². The molecule has 0 saturated heterocycles. The smallest absolute Gasteiger partial charge is 0.0958 e. The van der Waals surface area contributed by atoms with Crippen molar-refractivity contribution in [1.29, 1.82) is 0 Å². The highest BCUT2D eigenvalue weighted by Gasteiger charge is 2.08. The zero-order valence-corrected chi connectivity index (χ0v) is 15.0. The molecule has 0 spiro atoms. The molecule has 0 saturated carbocycles. The molecule has 0 amide bonds. The second-order valence-corrected chi connectivity index (χ2v) is 6.66. The summed E-state index contributed by atoms with van der Waals surface area (Å²) in [5.41, 5.74) is 4.76. The summed E-state index contributed by atoms with van der Waals surface area (Å²) >= 11 is 0. The van der Waals surface area contributed by atoms with Crippen LogP contribution in [0.25, 0.3) is 11.0 Å². The SMILES string of the molecule is CN(CCn1cnc2ccccc21)Cc1cncn1Cc1ccccc1. The number of hydrogen-bond acceptors (Lipinski definition) is 3. The number of rotatable bonds is 7. The molecular weight excluding hydrogens is 322 g/mol. The zero-order valence-electron chi connectivity index (χ0n) is 15.0. The molecule has 0 fully saturated rings. The molecule has 4 aromatic rings. The first-order valence-electron chi connectivity index (χ1n) is 8.91. The molecule has 0 radical (unpaired) electrons. The number of fused-ring (bicyclic) bond motifs is 1. The molecule has 0 bridgehead atoms. The van der Waals surface area contributed by atoms with E-state index in [9.17, 15) is 0 Å². The van der Waals surface area contributed by atoms with Crippen molar-refractivity contribution >= 4 is 11.0 Å². The van der Waals surface area contributed by atoms with Crippen LogP contribution in [0.3, 0.4) is 0 Å². The van der Waals surface area contributed by atoms with E-state index in [0.29, 0.717) is 0 Å². The van der Waals surface area contributed by atoms with E-state index in [1.165, 1.54) is 16.8 Å². The molecule has 0 aliphatic rings. The molecule has 0 unspecified atom stereocenters. The van der Waals surface area contributed by atoms with Gasteiger partial charge in [0.25, 0.3) is 0 Å². The van der Waals surface area contributed by atoms with Gasteiger partial charge in [0.2, 0.25) is 0 Å². The number of para-hydroxylation sites is 2. The fraction of sp³-hybridized carbons (Fsp3) is 0.238. The fourth-order valence-electron chi connectivity index (χ4n) is 3.22. The van der Waals surface area contributed by atoms with Gasteiger partial charge in [-0.2, -0.15) is 0 Å². The van der Waals surface area contributed by atoms with Crippen LogP contribution in [0.1, 0.15) is 11.3 Å². The lowest BCUT2D eigenvalue weighted by molar-refractivity contribution is 0.305. The molecule has 26 heavy (non-hydrogen) atoms. The number of nitrogens with zero attached hydrogens (tertiary/aromatic N) is 5. The number of imidazole rings is 2. The Bertz CT molecular complexity index is 970. The highest BCUT2D eigenvalue weighted by Crippen LogP contribution is 2.12. The van der Waals surface area contributed by atoms with Crippen molar-refractivity contribution in [2.75, 3.05) is 13.6 Å². The normalized spacial score (nSPS) is 11.5. The molecule has 2 heterocycles. The minimum atomic E-state index is 0.857. The molecule has 132 valence electrons. The topological polar surface area (TPSA) is 38.9 Å². The second-order valence-electron chi connectivity index (χ2n) is 6.66. The highest BCUT2D eigenvalue weighted by atomic mass is 15.2. The third kappa shape index (κ3) is 3.68. The Labute approximate surface area is 153 Å². The summed E-state index contributed by atoms with van der Waals surface area (Å²) in [6.45, 7) is 3.61. The van der Waals surface area contributed by atoms with Gasteiger partial charge in [0.1, 0.15) is 0 Å². The van der Waals surface area contributed by atoms with E-state index in [1.807, 2.05) is 31.0 Å². The Balaban J connectivity index is 1.38. The summed E-state index contributed by atoms with van der Waals surface area (Å²) in [5.74, 6) is 0. The Morgan fingerprint density at radius 3 is 2.62 bits per heavy atom. The van der Waals surface area contributed by atoms with Crippen molar-refractivity contribution in [1.82, 2.24) is 24.0 Å². The van der Waals surface area contributed by atoms with Crippen LogP contribution >= 0.6 is 0 Å². The number of hydrogen-bond donors (Lipinski definition) is 0. The molecule has 5 heteroatoms. The van der Waals surface area contributed by atoms with Gasteiger partial charge >= 0.3 is 0 Å². The van der Waals surface area contributed by atoms with E-state index in [1.54, 1.807) is 0 Å². The molecule has 5 nitrogen and oxygen atoms in total. The average molecular weight is 345 g/mol. The number of likely N-dealkylation sites (N-methyl/N-ethyl adjacent to an activating group) is 1. The van der Waals surface area contributed by atoms with Crippen LogP contribution in [0.4, 0.5) is 0 Å². The Morgan fingerprint density at radius 1 is 0.923 bits per heavy atom. The predicted molar refractivity (Wildman–Crippen MR) is 104 cm³/mol. The standard InChI is InChI=1S/C21H23N5/c1-24(11-12-25-17-23-20-9-5-6-10-21(20)25)15-19-13-22-16-26(19)14-18-7-3-2-4-8-18/h2-10,13,16-17H,11-12,14-15H2,1H3. The molecule has 2 aromatic carbocycles. The average Bonchev–Trinajstić information content (AvgIpc) is 3.28. The van der Waals surface area contributed by atoms with Crippen LogP contribution in [-0.2, 0) is 19.6 Å². The minimum absolute atomic E-state index is 0.857. The van der Waals surface area contributed by atoms with E-state index < -0.39 is 0 Å². The van der Waals surface area contributed by atoms with Crippen molar-refractivity contribution in [2.45, 2.75) is 19.6 Å². The van der Waals surface area contributed by atoms with E-state index in [4.69, 9.17) is 0 Å². The molecule has 0 N–H and O–H groups in total. The summed E-state index contributed by atoms with van der Waals surface area (Å²) in [4.78, 5) is 11.1. The van der Waals surface area contributed by atoms with E-state index in [-0.39, 0.29) is 0 Å². The third-order valence-corrected chi connectivity index (χ3v) is 4.68. The lowest BCUT2D eigenvalue weighted by atomic mass is 10.2. The molecule has 0 aliphatic carbocycles. The summed E-state index contributed by atoms with van der Waals surface area (Å²) in [6, 6.07) is 18.8. The summed E-state index contributed by atoms with van der Waals surface area (Å²) in [5, 5.41) is 0. The van der Waals surface area contributed by atoms with Crippen molar-refractivity contribution in [3.05, 3.63) is 84.7 Å². The molecule has 4 rings (SSSR count). The maximum absolute atomic E-state index is 4.46. The van der Waals surface area contributed by atoms with Crippen molar-refractivity contribution in [2.24, 2.45) is 0 Å². The summed E-state index contributed by atoms with van der Waals surface area (Å²) in [7, 11) is 2.15. The van der Waals surface area contributed by atoms with Gasteiger partial charge in [-0.15, -0.1) is 0 Å². The van der Waals surface area contributed by atoms with Crippen LogP contribution in [-0.4, -0.2) is 37.6 Å². The summed E-state index contributed by atoms with van der Waals surface area (Å²) in [6.07, 6.45) is 5.81. The first kappa shape index (κ1) is 16.5. The van der Waals surface area contributed by atoms with Gasteiger partial charge in [0.15, 0.2) is 0 Å². The van der Waals surface area contributed by atoms with E-state index >= 15 is 0 Å². The fourth-order valence-corrected chi connectivity index (χ4v) is 3.22. The Hall–Kier alpha value is -2.92. The van der Waals surface area contributed by atoms with Crippen LogP contribution in [0.2, 0.25) is 0 Å². The van der Waals surface area contributed by atoms with Crippen LogP contribution in [0.5, 0.6) is 0 Å². The lowest BCUT2D eigenvalue weighted by Crippen LogP contribution is -2.24. The predicted octanol–water partition coefficient (Wildman–Crippen LogP) is 3.41. The first-order chi connectivity index (χ1) is 12.8. The minimum Gasteiger partial charge on any atom is -0.329 e. The number of benzene rings is 2. The maximum atomic E-state index is 4.46. The Kier molecular flexibility index (Phi) is 4.80. The van der Waals surface area contributed by atoms with Crippen LogP contribution in [0.15, 0.2) is 73.4 Å². The van der Waals surface area contributed by atoms with E-state index in [2.05, 4.69) is 73.5 Å². The maximum Gasteiger partial charge on any atom is 0.0958 e. The monoisotopic (exact) mass is 345 g/mol. The third-order valence-electron chi connectivity index (χ3n) is 4.68. The van der Waals surface area contributed by atoms with Crippen molar-refractivity contribution in [3.8, 4) is 0 Å². The van der Waals surface area contributed by atoms with Gasteiger partial charge in [-0.1, -0.05) is 42.5 Å². The number of aromatic nitrogens is 4. The molecule has 2 aromatic heterocycles. The molecule has 0 atom stereocenters. The van der Waals surface area contributed by atoms with Crippen LogP contribution < -0.4 is 0 Å². The van der Waals surface area contributed by atoms with Gasteiger partial charge in [0.05, 0.1) is 29.4 Å². The summed E-state index contributed by atoms with van der Waals surface area (Å²) < 4.78 is 4.44. The quantitative estimate of drug-likeness (QED) is 0.515. The molecule has 0 aliphatic heterocycles. The second kappa shape index (κ2) is 7.54. The Morgan fingerprint density at radius 2 is 1.73 bits per heavy atom. The largest absolute Gasteiger partial charge is 0.329 e. The van der Waals surface area contributed by atoms with Gasteiger partial charge in [0, 0.05) is 32.4 Å². The van der Waals surface area contributed by atoms with Crippen LogP contribution in [0, 0.1) is 0 Å². The van der Waals surface area contributed by atoms with E-state index in [0.717, 1.165) is 31.7 Å². The van der Waals surface area contributed by atoms with Crippen molar-refractivity contribution in [3.63, 3.8) is 0 Å². The first-order valence-corrected chi connectivity index (χ1v) is 8.91. The van der Waals surface area contributed by atoms with Crippen molar-refractivity contribution < 1.29 is 0 Å². The van der Waals surface area contributed by atoms with Gasteiger partial charge in [-0.3, -0.25) is 4.90 Å². The zero-order chi connectivity index (χ0) is 17.8. The van der Waals surface area contributed by atoms with Gasteiger partial charge in [-0.05, 0) is 24.7 Å². The lowest BCUT2D eigenvalue weighted by Gasteiger charge is -2.18. The highest BCUT2D eigenvalue weighted by molar-refractivity contribution is 5.74. The van der Waals surface area contributed by atoms with Gasteiger partial charge < -0.3 is 9.13 Å².